The first-order valence-corrected chi connectivity index (χ1v) is 5.35. The van der Waals surface area contributed by atoms with Crippen LogP contribution in [0.4, 0.5) is 8.78 Å². The van der Waals surface area contributed by atoms with E-state index in [0.29, 0.717) is 6.29 Å². The maximum absolute atomic E-state index is 13.0. The molecule has 18 heavy (non-hydrogen) atoms. The highest BCUT2D eigenvalue weighted by atomic mass is 35.5. The molecule has 2 aromatic rings. The van der Waals surface area contributed by atoms with Crippen LogP contribution in [0.5, 0.6) is 11.5 Å². The van der Waals surface area contributed by atoms with E-state index in [1.807, 2.05) is 0 Å². The third kappa shape index (κ3) is 2.65. The number of hydrogen-bond donors (Lipinski definition) is 0. The zero-order valence-electron chi connectivity index (χ0n) is 8.99. The van der Waals surface area contributed by atoms with Crippen molar-refractivity contribution in [2.24, 2.45) is 0 Å². The van der Waals surface area contributed by atoms with Crippen molar-refractivity contribution in [3.05, 3.63) is 58.6 Å². The molecular weight excluding hydrogens is 262 g/mol. The van der Waals surface area contributed by atoms with Crippen molar-refractivity contribution in [1.29, 1.82) is 0 Å². The van der Waals surface area contributed by atoms with E-state index < -0.39 is 11.6 Å². The van der Waals surface area contributed by atoms with Crippen molar-refractivity contribution >= 4 is 17.9 Å². The van der Waals surface area contributed by atoms with Gasteiger partial charge in [0, 0.05) is 18.2 Å². The van der Waals surface area contributed by atoms with Crippen molar-refractivity contribution in [3.8, 4) is 11.5 Å². The van der Waals surface area contributed by atoms with Crippen molar-refractivity contribution in [2.45, 2.75) is 0 Å². The third-order valence-electron chi connectivity index (χ3n) is 2.19. The molecule has 2 rings (SSSR count). The molecule has 0 aliphatic carbocycles. The van der Waals surface area contributed by atoms with Crippen LogP contribution in [0.25, 0.3) is 0 Å². The Hall–Kier alpha value is -1.94. The summed E-state index contributed by atoms with van der Waals surface area (Å²) in [6, 6.07) is 7.33. The molecule has 0 aliphatic rings. The zero-order chi connectivity index (χ0) is 13.1. The largest absolute Gasteiger partial charge is 0.456 e. The van der Waals surface area contributed by atoms with Gasteiger partial charge in [0.15, 0.2) is 6.29 Å². The number of carbonyl (C=O) groups is 1. The van der Waals surface area contributed by atoms with E-state index in [9.17, 15) is 13.6 Å². The molecular formula is C13H7ClF2O2. The second-order valence-electron chi connectivity index (χ2n) is 3.48. The van der Waals surface area contributed by atoms with Gasteiger partial charge in [-0.1, -0.05) is 17.7 Å². The van der Waals surface area contributed by atoms with Crippen molar-refractivity contribution < 1.29 is 18.3 Å². The van der Waals surface area contributed by atoms with E-state index in [2.05, 4.69) is 0 Å². The van der Waals surface area contributed by atoms with Crippen LogP contribution in [0, 0.1) is 11.6 Å². The molecule has 0 N–H and O–H groups in total. The molecule has 0 unspecified atom stereocenters. The SMILES string of the molecule is O=Cc1c(Cl)cccc1Oc1cc(F)cc(F)c1. The van der Waals surface area contributed by atoms with Crippen molar-refractivity contribution in [3.63, 3.8) is 0 Å². The molecule has 0 saturated carbocycles. The summed E-state index contributed by atoms with van der Waals surface area (Å²) in [7, 11) is 0. The fraction of sp³-hybridized carbons (Fsp3) is 0. The number of carbonyl (C=O) groups excluding carboxylic acids is 1. The summed E-state index contributed by atoms with van der Waals surface area (Å²) in [6.07, 6.45) is 0.521. The Morgan fingerprint density at radius 1 is 1.11 bits per heavy atom. The predicted octanol–water partition coefficient (Wildman–Crippen LogP) is 4.22. The lowest BCUT2D eigenvalue weighted by atomic mass is 10.2. The summed E-state index contributed by atoms with van der Waals surface area (Å²) in [4.78, 5) is 10.9. The molecule has 2 aromatic carbocycles. The first-order valence-electron chi connectivity index (χ1n) is 4.98. The summed E-state index contributed by atoms with van der Waals surface area (Å²) in [5.41, 5.74) is 0.129. The molecule has 0 amide bonds. The summed E-state index contributed by atoms with van der Waals surface area (Å²) < 4.78 is 31.2. The third-order valence-corrected chi connectivity index (χ3v) is 2.52. The Balaban J connectivity index is 2.39. The lowest BCUT2D eigenvalue weighted by Crippen LogP contribution is -1.92. The van der Waals surface area contributed by atoms with Crippen LogP contribution in [-0.2, 0) is 0 Å². The van der Waals surface area contributed by atoms with Crippen LogP contribution in [0.1, 0.15) is 10.4 Å². The second kappa shape index (κ2) is 5.14. The number of halogens is 3. The van der Waals surface area contributed by atoms with Crippen LogP contribution in [0.15, 0.2) is 36.4 Å². The highest BCUT2D eigenvalue weighted by Gasteiger charge is 2.09. The minimum absolute atomic E-state index is 0.0436. The van der Waals surface area contributed by atoms with Gasteiger partial charge in [-0.25, -0.2) is 8.78 Å². The molecule has 0 heterocycles. The fourth-order valence-corrected chi connectivity index (χ4v) is 1.65. The van der Waals surface area contributed by atoms with Crippen molar-refractivity contribution in [1.82, 2.24) is 0 Å². The number of aldehydes is 1. The number of benzene rings is 2. The van der Waals surface area contributed by atoms with E-state index in [-0.39, 0.29) is 22.1 Å². The van der Waals surface area contributed by atoms with E-state index in [4.69, 9.17) is 16.3 Å². The van der Waals surface area contributed by atoms with Gasteiger partial charge in [-0.05, 0) is 12.1 Å². The quantitative estimate of drug-likeness (QED) is 0.779. The molecule has 0 atom stereocenters. The Morgan fingerprint density at radius 2 is 1.78 bits per heavy atom. The number of hydrogen-bond acceptors (Lipinski definition) is 2. The minimum Gasteiger partial charge on any atom is -0.456 e. The minimum atomic E-state index is -0.764. The monoisotopic (exact) mass is 268 g/mol. The predicted molar refractivity (Wildman–Crippen MR) is 63.3 cm³/mol. The van der Waals surface area contributed by atoms with Gasteiger partial charge in [0.1, 0.15) is 23.1 Å². The molecule has 0 radical (unpaired) electrons. The van der Waals surface area contributed by atoms with Gasteiger partial charge in [0.05, 0.1) is 10.6 Å². The van der Waals surface area contributed by atoms with Gasteiger partial charge in [-0.15, -0.1) is 0 Å². The standard InChI is InChI=1S/C13H7ClF2O2/c14-12-2-1-3-13(11(12)7-17)18-10-5-8(15)4-9(16)6-10/h1-7H. The zero-order valence-corrected chi connectivity index (χ0v) is 9.75. The maximum atomic E-state index is 13.0. The highest BCUT2D eigenvalue weighted by molar-refractivity contribution is 6.33. The molecule has 2 nitrogen and oxygen atoms in total. The van der Waals surface area contributed by atoms with Crippen LogP contribution in [0.2, 0.25) is 5.02 Å². The summed E-state index contributed by atoms with van der Waals surface area (Å²) >= 11 is 5.80. The Labute approximate surface area is 107 Å². The van der Waals surface area contributed by atoms with E-state index in [0.717, 1.165) is 18.2 Å². The molecule has 5 heteroatoms. The molecule has 0 spiro atoms. The lowest BCUT2D eigenvalue weighted by Gasteiger charge is -2.09. The Kier molecular flexibility index (Phi) is 3.58. The topological polar surface area (TPSA) is 26.3 Å². The first kappa shape index (κ1) is 12.5. The normalized spacial score (nSPS) is 10.2. The summed E-state index contributed by atoms with van der Waals surface area (Å²) in [5.74, 6) is -1.43. The first-order chi connectivity index (χ1) is 8.60. The molecule has 92 valence electrons. The average Bonchev–Trinajstić information content (AvgIpc) is 2.27. The van der Waals surface area contributed by atoms with Gasteiger partial charge >= 0.3 is 0 Å². The fourth-order valence-electron chi connectivity index (χ4n) is 1.44. The molecule has 0 bridgehead atoms. The summed E-state index contributed by atoms with van der Waals surface area (Å²) in [5, 5.41) is 0.208. The molecule has 0 saturated heterocycles. The Bertz CT molecular complexity index is 579. The number of rotatable bonds is 3. The van der Waals surface area contributed by atoms with Gasteiger partial charge in [0.25, 0.3) is 0 Å². The van der Waals surface area contributed by atoms with E-state index in [1.165, 1.54) is 12.1 Å². The molecule has 0 aromatic heterocycles. The summed E-state index contributed by atoms with van der Waals surface area (Å²) in [6.45, 7) is 0. The second-order valence-corrected chi connectivity index (χ2v) is 3.88. The van der Waals surface area contributed by atoms with Crippen LogP contribution in [0.3, 0.4) is 0 Å². The van der Waals surface area contributed by atoms with Crippen LogP contribution >= 0.6 is 11.6 Å². The van der Waals surface area contributed by atoms with Crippen LogP contribution < -0.4 is 4.74 Å². The maximum Gasteiger partial charge on any atom is 0.155 e. The van der Waals surface area contributed by atoms with E-state index >= 15 is 0 Å². The smallest absolute Gasteiger partial charge is 0.155 e. The molecule has 0 fully saturated rings. The number of ether oxygens (including phenoxy) is 1. The van der Waals surface area contributed by atoms with Crippen LogP contribution in [-0.4, -0.2) is 6.29 Å². The average molecular weight is 269 g/mol. The van der Waals surface area contributed by atoms with Gasteiger partial charge in [-0.3, -0.25) is 4.79 Å². The Morgan fingerprint density at radius 3 is 2.39 bits per heavy atom. The highest BCUT2D eigenvalue weighted by Crippen LogP contribution is 2.29. The van der Waals surface area contributed by atoms with Gasteiger partial charge in [0.2, 0.25) is 0 Å². The lowest BCUT2D eigenvalue weighted by molar-refractivity contribution is 0.112. The van der Waals surface area contributed by atoms with Gasteiger partial charge < -0.3 is 4.74 Å². The molecule has 0 aliphatic heterocycles. The van der Waals surface area contributed by atoms with E-state index in [1.54, 1.807) is 6.07 Å². The van der Waals surface area contributed by atoms with Crippen molar-refractivity contribution in [2.75, 3.05) is 0 Å². The van der Waals surface area contributed by atoms with Gasteiger partial charge in [-0.2, -0.15) is 0 Å².